The molecule has 0 spiro atoms. The molecule has 1 saturated heterocycles. The predicted molar refractivity (Wildman–Crippen MR) is 65.0 cm³/mol. The van der Waals surface area contributed by atoms with Crippen LogP contribution in [0.3, 0.4) is 0 Å². The molecule has 2 atom stereocenters. The molecule has 2 rings (SSSR count). The first kappa shape index (κ1) is 12.2. The Kier molecular flexibility index (Phi) is 3.48. The minimum atomic E-state index is -0.964. The van der Waals surface area contributed by atoms with Crippen LogP contribution in [-0.4, -0.2) is 41.0 Å². The number of aromatic nitrogens is 1. The Morgan fingerprint density at radius 1 is 1.81 bits per heavy atom. The van der Waals surface area contributed by atoms with E-state index in [1.807, 2.05) is 11.8 Å². The van der Waals surface area contributed by atoms with Gasteiger partial charge in [0.1, 0.15) is 11.0 Å². The van der Waals surface area contributed by atoms with Crippen LogP contribution in [0.4, 0.5) is 5.13 Å². The summed E-state index contributed by atoms with van der Waals surface area (Å²) in [4.78, 5) is 5.93. The zero-order valence-corrected chi connectivity index (χ0v) is 10.5. The number of aliphatic hydroxyl groups excluding tert-OH is 1. The number of hydrogen-bond donors (Lipinski definition) is 1. The number of rotatable bonds is 3. The van der Waals surface area contributed by atoms with E-state index in [-0.39, 0.29) is 6.67 Å². The van der Waals surface area contributed by atoms with Gasteiger partial charge in [0.2, 0.25) is 6.23 Å². The highest BCUT2D eigenvalue weighted by molar-refractivity contribution is 7.19. The highest BCUT2D eigenvalue weighted by Gasteiger charge is 2.41. The molecule has 5 nitrogen and oxygen atoms in total. The minimum Gasteiger partial charge on any atom is -0.623 e. The molecule has 1 fully saturated rings. The van der Waals surface area contributed by atoms with Gasteiger partial charge in [-0.1, -0.05) is 18.5 Å². The van der Waals surface area contributed by atoms with Crippen molar-refractivity contribution < 1.29 is 5.11 Å². The molecule has 0 amide bonds. The summed E-state index contributed by atoms with van der Waals surface area (Å²) in [7, 11) is 0. The third-order valence-corrected chi connectivity index (χ3v) is 3.87. The molecule has 90 valence electrons. The maximum absolute atomic E-state index is 12.5. The number of nitrogens with zero attached hydrogens (tertiary/aromatic N) is 3. The normalized spacial score (nSPS) is 31.1. The van der Waals surface area contributed by atoms with Gasteiger partial charge >= 0.3 is 0 Å². The minimum absolute atomic E-state index is 0.249. The molecule has 1 aliphatic rings. The lowest BCUT2D eigenvalue weighted by molar-refractivity contribution is 0.0847. The number of aliphatic hydroxyl groups is 1. The van der Waals surface area contributed by atoms with Crippen LogP contribution < -0.4 is 4.65 Å². The van der Waals surface area contributed by atoms with E-state index in [9.17, 15) is 10.3 Å². The van der Waals surface area contributed by atoms with Crippen molar-refractivity contribution in [2.24, 2.45) is 0 Å². The maximum atomic E-state index is 12.5. The van der Waals surface area contributed by atoms with Crippen LogP contribution >= 0.6 is 22.9 Å². The summed E-state index contributed by atoms with van der Waals surface area (Å²) >= 11 is 6.89. The smallest absolute Gasteiger partial charge is 0.290 e. The van der Waals surface area contributed by atoms with Gasteiger partial charge in [0.05, 0.1) is 12.7 Å². The molecule has 1 N–H and O–H groups in total. The maximum Gasteiger partial charge on any atom is 0.290 e. The van der Waals surface area contributed by atoms with Crippen molar-refractivity contribution >= 4 is 28.1 Å². The second-order valence-corrected chi connectivity index (χ2v) is 5.58. The van der Waals surface area contributed by atoms with E-state index < -0.39 is 10.9 Å². The number of hydroxylamine groups is 2. The number of thiazole rings is 1. The molecule has 1 aliphatic heterocycles. The van der Waals surface area contributed by atoms with Gasteiger partial charge < -0.3 is 10.3 Å². The standard InChI is InChI=1S/C9H14ClN3O2S/c1-2-3-12-5-8(14)13(15,6-12)9-11-4-7(10)16-9/h4,8,14H,2-3,5-6H2,1H3. The van der Waals surface area contributed by atoms with Crippen LogP contribution in [-0.2, 0) is 0 Å². The third-order valence-electron chi connectivity index (χ3n) is 2.64. The zero-order valence-electron chi connectivity index (χ0n) is 8.97. The first-order chi connectivity index (χ1) is 7.56. The second kappa shape index (κ2) is 4.56. The lowest BCUT2D eigenvalue weighted by Gasteiger charge is -2.37. The van der Waals surface area contributed by atoms with E-state index in [0.717, 1.165) is 24.3 Å². The van der Waals surface area contributed by atoms with Crippen molar-refractivity contribution in [2.45, 2.75) is 19.6 Å². The summed E-state index contributed by atoms with van der Waals surface area (Å²) in [6.07, 6.45) is 1.45. The number of quaternary nitrogens is 1. The third kappa shape index (κ3) is 2.09. The molecule has 1 aromatic heterocycles. The molecule has 0 aromatic carbocycles. The van der Waals surface area contributed by atoms with Gasteiger partial charge in [0, 0.05) is 6.54 Å². The molecule has 0 aliphatic carbocycles. The van der Waals surface area contributed by atoms with Gasteiger partial charge in [-0.25, -0.2) is 4.90 Å². The van der Waals surface area contributed by atoms with Crippen molar-refractivity contribution in [3.05, 3.63) is 15.7 Å². The Labute approximate surface area is 103 Å². The van der Waals surface area contributed by atoms with E-state index in [1.165, 1.54) is 6.20 Å². The Bertz CT molecular complexity index is 375. The van der Waals surface area contributed by atoms with Gasteiger partial charge in [-0.2, -0.15) is 4.98 Å². The highest BCUT2D eigenvalue weighted by Crippen LogP contribution is 2.35. The number of hydrogen-bond acceptors (Lipinski definition) is 5. The van der Waals surface area contributed by atoms with E-state index >= 15 is 0 Å². The summed E-state index contributed by atoms with van der Waals surface area (Å²) in [5.74, 6) is 0. The highest BCUT2D eigenvalue weighted by atomic mass is 35.5. The number of β-amino-alcohol motifs (C(OH)–C–C–N with tert-alkyl or cyclic N) is 1. The first-order valence-electron chi connectivity index (χ1n) is 5.17. The lowest BCUT2D eigenvalue weighted by atomic mass is 10.4. The van der Waals surface area contributed by atoms with E-state index in [4.69, 9.17) is 11.6 Å². The van der Waals surface area contributed by atoms with Crippen LogP contribution in [0.15, 0.2) is 6.20 Å². The Morgan fingerprint density at radius 2 is 2.56 bits per heavy atom. The van der Waals surface area contributed by atoms with Crippen LogP contribution in [0.2, 0.25) is 4.34 Å². The lowest BCUT2D eigenvalue weighted by Crippen LogP contribution is -2.48. The molecular formula is C9H14ClN3O2S. The summed E-state index contributed by atoms with van der Waals surface area (Å²) in [6, 6.07) is 0. The van der Waals surface area contributed by atoms with E-state index in [1.54, 1.807) is 0 Å². The largest absolute Gasteiger partial charge is 0.623 e. The quantitative estimate of drug-likeness (QED) is 0.665. The average molecular weight is 264 g/mol. The van der Waals surface area contributed by atoms with Crippen molar-refractivity contribution in [2.75, 3.05) is 19.8 Å². The fourth-order valence-electron chi connectivity index (χ4n) is 1.90. The molecule has 0 saturated carbocycles. The Morgan fingerprint density at radius 3 is 3.12 bits per heavy atom. The molecule has 1 aromatic rings. The van der Waals surface area contributed by atoms with Gasteiger partial charge in [-0.05, 0) is 17.8 Å². The van der Waals surface area contributed by atoms with E-state index in [2.05, 4.69) is 4.98 Å². The fourth-order valence-corrected chi connectivity index (χ4v) is 2.87. The zero-order chi connectivity index (χ0) is 11.8. The summed E-state index contributed by atoms with van der Waals surface area (Å²) in [6.45, 7) is 3.51. The first-order valence-corrected chi connectivity index (χ1v) is 6.37. The summed E-state index contributed by atoms with van der Waals surface area (Å²) < 4.78 is -0.318. The van der Waals surface area contributed by atoms with Crippen LogP contribution in [0.1, 0.15) is 13.3 Å². The second-order valence-electron chi connectivity index (χ2n) is 3.94. The number of halogens is 1. The van der Waals surface area contributed by atoms with Gasteiger partial charge in [-0.3, -0.25) is 4.65 Å². The Hall–Kier alpha value is -0.240. The van der Waals surface area contributed by atoms with Crippen molar-refractivity contribution in [1.29, 1.82) is 0 Å². The van der Waals surface area contributed by atoms with Crippen LogP contribution in [0.5, 0.6) is 0 Å². The SMILES string of the molecule is CCCN1CC(O)[N+]([O-])(c2ncc(Cl)s2)C1. The fraction of sp³-hybridized carbons (Fsp3) is 0.667. The van der Waals surface area contributed by atoms with E-state index in [0.29, 0.717) is 16.0 Å². The summed E-state index contributed by atoms with van der Waals surface area (Å²) in [5, 5.41) is 22.6. The summed E-state index contributed by atoms with van der Waals surface area (Å²) in [5.41, 5.74) is 0. The average Bonchev–Trinajstić information content (AvgIpc) is 2.75. The topological polar surface area (TPSA) is 59.4 Å². The molecule has 2 unspecified atom stereocenters. The van der Waals surface area contributed by atoms with Gasteiger partial charge in [0.25, 0.3) is 5.13 Å². The molecule has 2 heterocycles. The van der Waals surface area contributed by atoms with Crippen LogP contribution in [0.25, 0.3) is 0 Å². The molecule has 7 heteroatoms. The van der Waals surface area contributed by atoms with Crippen molar-refractivity contribution in [1.82, 2.24) is 14.5 Å². The van der Waals surface area contributed by atoms with Crippen molar-refractivity contribution in [3.63, 3.8) is 0 Å². The molecule has 0 bridgehead atoms. The molecule has 16 heavy (non-hydrogen) atoms. The van der Waals surface area contributed by atoms with Gasteiger partial charge in [-0.15, -0.1) is 0 Å². The molecular weight excluding hydrogens is 250 g/mol. The van der Waals surface area contributed by atoms with Crippen molar-refractivity contribution in [3.8, 4) is 0 Å². The van der Waals surface area contributed by atoms with Crippen LogP contribution in [0, 0.1) is 5.21 Å². The Balaban J connectivity index is 2.19. The molecule has 0 radical (unpaired) electrons. The van der Waals surface area contributed by atoms with Gasteiger partial charge in [0.15, 0.2) is 0 Å². The monoisotopic (exact) mass is 263 g/mol. The predicted octanol–water partition coefficient (Wildman–Crippen LogP) is 1.60.